The van der Waals surface area contributed by atoms with Gasteiger partial charge in [-0.1, -0.05) is 5.47 Å². The summed E-state index contributed by atoms with van der Waals surface area (Å²) in [6.07, 6.45) is 0.153. The molecule has 2 heterocycles. The Labute approximate surface area is 194 Å². The Morgan fingerprint density at radius 1 is 1.12 bits per heavy atom. The molecule has 1 aromatic carbocycles. The summed E-state index contributed by atoms with van der Waals surface area (Å²) in [5, 5.41) is 6.44. The van der Waals surface area contributed by atoms with E-state index in [0.717, 1.165) is 22.9 Å². The van der Waals surface area contributed by atoms with Crippen LogP contribution < -0.4 is 5.32 Å². The maximum Gasteiger partial charge on any atom is 0.435 e. The second kappa shape index (κ2) is 9.72. The van der Waals surface area contributed by atoms with Crippen LogP contribution in [-0.4, -0.2) is 35.8 Å². The molecule has 0 saturated carbocycles. The van der Waals surface area contributed by atoms with E-state index < -0.39 is 42.0 Å². The summed E-state index contributed by atoms with van der Waals surface area (Å²) in [5.41, 5.74) is 0.669. The minimum Gasteiger partial charge on any atom is -0.346 e. The van der Waals surface area contributed by atoms with E-state index >= 15 is 0 Å². The van der Waals surface area contributed by atoms with Crippen molar-refractivity contribution in [3.8, 4) is 0 Å². The summed E-state index contributed by atoms with van der Waals surface area (Å²) in [6.45, 7) is -0.427. The van der Waals surface area contributed by atoms with Crippen LogP contribution in [0.2, 0.25) is 0 Å². The highest BCUT2D eigenvalue weighted by Gasteiger charge is 2.39. The van der Waals surface area contributed by atoms with Gasteiger partial charge in [0, 0.05) is 23.5 Å². The summed E-state index contributed by atoms with van der Waals surface area (Å²) < 4.78 is 68.9. The third-order valence-corrected chi connectivity index (χ3v) is 5.95. The lowest BCUT2D eigenvalue weighted by Gasteiger charge is -2.24. The number of hydrogen-bond acceptors (Lipinski definition) is 3. The van der Waals surface area contributed by atoms with Crippen LogP contribution in [0.15, 0.2) is 34.4 Å². The van der Waals surface area contributed by atoms with Gasteiger partial charge in [-0.3, -0.25) is 14.5 Å². The molecule has 0 spiro atoms. The molecule has 2 aliphatic rings. The number of benzene rings is 1. The normalized spacial score (nSPS) is 17.0. The van der Waals surface area contributed by atoms with Crippen LogP contribution in [0.25, 0.3) is 0 Å². The van der Waals surface area contributed by atoms with Gasteiger partial charge in [0.2, 0.25) is 5.91 Å². The fourth-order valence-corrected chi connectivity index (χ4v) is 4.49. The molecule has 1 unspecified atom stereocenters. The highest BCUT2D eigenvalue weighted by atomic mass is 19.4. The maximum atomic E-state index is 13.7. The monoisotopic (exact) mass is 476 g/mol. The van der Waals surface area contributed by atoms with Crippen molar-refractivity contribution in [3.05, 3.63) is 63.5 Å². The number of carbonyl (C=O) groups excluding carboxylic acids is 1. The standard InChI is InChI=1S/C23H22BF5N4O/c24-17-5-3-7-30-21(17)18(10-13-8-14(25)11-15(26)9-13)31-20(34)12-33-19-6-2-1-4-16(19)22(32-33)23(27,28)29/h7-9,11,18H,1-6,10,12H2,(H,31,34). The first-order valence-corrected chi connectivity index (χ1v) is 11.0. The number of allylic oxidation sites excluding steroid dienone is 1. The summed E-state index contributed by atoms with van der Waals surface area (Å²) in [7, 11) is 6.09. The van der Waals surface area contributed by atoms with Gasteiger partial charge in [-0.15, -0.1) is 0 Å². The van der Waals surface area contributed by atoms with E-state index in [4.69, 9.17) is 7.85 Å². The molecule has 4 rings (SSSR count). The van der Waals surface area contributed by atoms with Crippen LogP contribution in [0.1, 0.15) is 48.2 Å². The Morgan fingerprint density at radius 2 is 1.82 bits per heavy atom. The molecule has 2 aromatic rings. The zero-order valence-electron chi connectivity index (χ0n) is 18.3. The zero-order valence-corrected chi connectivity index (χ0v) is 18.3. The number of fused-ring (bicyclic) bond motifs is 1. The summed E-state index contributed by atoms with van der Waals surface area (Å²) in [6, 6.07) is 2.21. The smallest absolute Gasteiger partial charge is 0.346 e. The maximum absolute atomic E-state index is 13.7. The van der Waals surface area contributed by atoms with Gasteiger partial charge < -0.3 is 5.32 Å². The first-order chi connectivity index (χ1) is 16.1. The molecule has 1 amide bonds. The fraction of sp³-hybridized carbons (Fsp3) is 0.435. The number of alkyl halides is 3. The molecule has 0 fully saturated rings. The van der Waals surface area contributed by atoms with Crippen molar-refractivity contribution in [1.29, 1.82) is 0 Å². The Morgan fingerprint density at radius 3 is 2.50 bits per heavy atom. The molecule has 178 valence electrons. The summed E-state index contributed by atoms with van der Waals surface area (Å²) in [4.78, 5) is 17.2. The Hall–Kier alpha value is -2.98. The lowest BCUT2D eigenvalue weighted by Crippen LogP contribution is -2.40. The highest BCUT2D eigenvalue weighted by molar-refractivity contribution is 6.22. The van der Waals surface area contributed by atoms with Gasteiger partial charge >= 0.3 is 6.18 Å². The van der Waals surface area contributed by atoms with Gasteiger partial charge in [-0.25, -0.2) is 8.78 Å². The van der Waals surface area contributed by atoms with Crippen molar-refractivity contribution in [2.45, 2.75) is 63.7 Å². The number of rotatable bonds is 6. The zero-order chi connectivity index (χ0) is 24.5. The van der Waals surface area contributed by atoms with Crippen LogP contribution in [0.5, 0.6) is 0 Å². The minimum absolute atomic E-state index is 0.00118. The second-order valence-corrected chi connectivity index (χ2v) is 8.50. The molecule has 5 nitrogen and oxygen atoms in total. The molecule has 0 bridgehead atoms. The average Bonchev–Trinajstić information content (AvgIpc) is 3.12. The van der Waals surface area contributed by atoms with Crippen LogP contribution in [-0.2, 0) is 36.8 Å². The molecular formula is C23H22BF5N4O. The molecule has 1 atom stereocenters. The van der Waals surface area contributed by atoms with Gasteiger partial charge in [0.25, 0.3) is 0 Å². The Kier molecular flexibility index (Phi) is 6.90. The Balaban J connectivity index is 1.59. The predicted octanol–water partition coefficient (Wildman–Crippen LogP) is 4.03. The molecule has 1 N–H and O–H groups in total. The van der Waals surface area contributed by atoms with E-state index in [9.17, 15) is 26.7 Å². The summed E-state index contributed by atoms with van der Waals surface area (Å²) in [5.74, 6) is -2.14. The van der Waals surface area contributed by atoms with Gasteiger partial charge in [0.1, 0.15) is 26.0 Å². The van der Waals surface area contributed by atoms with Crippen molar-refractivity contribution in [2.75, 3.05) is 0 Å². The highest BCUT2D eigenvalue weighted by Crippen LogP contribution is 2.35. The van der Waals surface area contributed by atoms with Crippen molar-refractivity contribution in [2.24, 2.45) is 4.99 Å². The van der Waals surface area contributed by atoms with E-state index in [-0.39, 0.29) is 24.0 Å². The molecule has 0 saturated heterocycles. The quantitative estimate of drug-likeness (QED) is 0.506. The SMILES string of the molecule is [B]C1=C(C(Cc2cc(F)cc(F)c2)NC(=O)Cn2nc(C(F)(F)F)c3c2CCCC3)N=CCC1. The molecule has 1 aliphatic carbocycles. The van der Waals surface area contributed by atoms with E-state index in [1.165, 1.54) is 0 Å². The largest absolute Gasteiger partial charge is 0.435 e. The molecular weight excluding hydrogens is 454 g/mol. The number of nitrogens with one attached hydrogen (secondary N) is 1. The van der Waals surface area contributed by atoms with Crippen molar-refractivity contribution >= 4 is 20.0 Å². The first kappa shape index (κ1) is 24.2. The van der Waals surface area contributed by atoms with Gasteiger partial charge in [0.15, 0.2) is 5.69 Å². The molecule has 1 aromatic heterocycles. The van der Waals surface area contributed by atoms with Crippen molar-refractivity contribution in [3.63, 3.8) is 0 Å². The lowest BCUT2D eigenvalue weighted by atomic mass is 9.84. The van der Waals surface area contributed by atoms with Crippen molar-refractivity contribution < 1.29 is 26.7 Å². The van der Waals surface area contributed by atoms with Gasteiger partial charge in [0.05, 0.1) is 11.7 Å². The minimum atomic E-state index is -4.61. The van der Waals surface area contributed by atoms with Crippen LogP contribution in [0.4, 0.5) is 22.0 Å². The van der Waals surface area contributed by atoms with Gasteiger partial charge in [-0.2, -0.15) is 18.3 Å². The Bertz CT molecular complexity index is 1130. The molecule has 2 radical (unpaired) electrons. The lowest BCUT2D eigenvalue weighted by molar-refractivity contribution is -0.142. The van der Waals surface area contributed by atoms with Gasteiger partial charge in [-0.05, 0) is 62.6 Å². The number of halogens is 5. The number of aromatic nitrogens is 2. The van der Waals surface area contributed by atoms with Crippen LogP contribution in [0, 0.1) is 11.6 Å². The predicted molar refractivity (Wildman–Crippen MR) is 116 cm³/mol. The first-order valence-electron chi connectivity index (χ1n) is 11.0. The second-order valence-electron chi connectivity index (χ2n) is 8.50. The number of carbonyl (C=O) groups is 1. The number of hydrogen-bond donors (Lipinski definition) is 1. The topological polar surface area (TPSA) is 59.3 Å². The third kappa shape index (κ3) is 5.39. The van der Waals surface area contributed by atoms with Crippen LogP contribution in [0.3, 0.4) is 0 Å². The average molecular weight is 476 g/mol. The van der Waals surface area contributed by atoms with E-state index in [1.54, 1.807) is 6.21 Å². The van der Waals surface area contributed by atoms with E-state index in [0.29, 0.717) is 49.0 Å². The number of amides is 1. The molecule has 34 heavy (non-hydrogen) atoms. The molecule has 11 heteroatoms. The summed E-state index contributed by atoms with van der Waals surface area (Å²) >= 11 is 0. The van der Waals surface area contributed by atoms with E-state index in [2.05, 4.69) is 15.4 Å². The number of aliphatic imine (C=N–C) groups is 1. The van der Waals surface area contributed by atoms with E-state index in [1.807, 2.05) is 0 Å². The number of nitrogens with zero attached hydrogens (tertiary/aromatic N) is 3. The third-order valence-electron chi connectivity index (χ3n) is 5.95. The fourth-order valence-electron chi connectivity index (χ4n) is 4.49. The molecule has 1 aliphatic heterocycles. The van der Waals surface area contributed by atoms with Crippen LogP contribution >= 0.6 is 0 Å². The van der Waals surface area contributed by atoms with Crippen molar-refractivity contribution in [1.82, 2.24) is 15.1 Å².